The summed E-state index contributed by atoms with van der Waals surface area (Å²) in [5.74, 6) is -0.318. The Morgan fingerprint density at radius 3 is 2.52 bits per heavy atom. The molecule has 0 aliphatic heterocycles. The third-order valence-corrected chi connectivity index (χ3v) is 4.22. The van der Waals surface area contributed by atoms with Crippen molar-refractivity contribution in [1.82, 2.24) is 15.0 Å². The molecule has 0 saturated carbocycles. The Hall–Kier alpha value is -2.56. The van der Waals surface area contributed by atoms with Crippen molar-refractivity contribution in [3.63, 3.8) is 0 Å². The molecule has 0 atom stereocenters. The number of benzene rings is 1. The molecule has 146 valence electrons. The van der Waals surface area contributed by atoms with E-state index in [9.17, 15) is 22.8 Å². The van der Waals surface area contributed by atoms with E-state index in [0.717, 1.165) is 12.1 Å². The van der Waals surface area contributed by atoms with Crippen LogP contribution in [0.2, 0.25) is 0 Å². The number of anilines is 2. The fourth-order valence-electron chi connectivity index (χ4n) is 2.09. The number of thioether (sulfide) groups is 1. The number of hydrogen-bond acceptors (Lipinski definition) is 5. The van der Waals surface area contributed by atoms with Crippen LogP contribution in [0.15, 0.2) is 24.4 Å². The number of nitrogens with one attached hydrogen (secondary N) is 2. The lowest BCUT2D eigenvalue weighted by Crippen LogP contribution is -2.18. The third-order valence-electron chi connectivity index (χ3n) is 3.35. The predicted molar refractivity (Wildman–Crippen MR) is 96.7 cm³/mol. The minimum Gasteiger partial charge on any atom is -0.325 e. The quantitative estimate of drug-likeness (QED) is 0.743. The van der Waals surface area contributed by atoms with Crippen LogP contribution in [0.3, 0.4) is 0 Å². The van der Waals surface area contributed by atoms with Gasteiger partial charge in [0.05, 0.1) is 17.5 Å². The number of rotatable bonds is 7. The van der Waals surface area contributed by atoms with Gasteiger partial charge in [0.25, 0.3) is 5.91 Å². The van der Waals surface area contributed by atoms with Crippen LogP contribution in [0.4, 0.5) is 24.7 Å². The number of halogens is 3. The minimum absolute atomic E-state index is 0.103. The Morgan fingerprint density at radius 1 is 1.19 bits per heavy atom. The van der Waals surface area contributed by atoms with E-state index in [2.05, 4.69) is 20.9 Å². The van der Waals surface area contributed by atoms with Gasteiger partial charge in [-0.2, -0.15) is 24.9 Å². The van der Waals surface area contributed by atoms with Crippen molar-refractivity contribution >= 4 is 35.1 Å². The maximum absolute atomic E-state index is 13.2. The highest BCUT2D eigenvalue weighted by molar-refractivity contribution is 7.99. The molecule has 2 aromatic rings. The maximum atomic E-state index is 13.2. The standard InChI is InChI=1S/C16H18F3N5O2S/c1-3-24-8-13(22-23-24)21-15(26)10-5-11(16(17,18)19)7-12(6-10)20-14(25)9-27-4-2/h5-8H,3-4,9H2,1-2H3,(H,20,25)(H,21,26). The number of nitrogens with zero attached hydrogens (tertiary/aromatic N) is 3. The third kappa shape index (κ3) is 5.98. The lowest BCUT2D eigenvalue weighted by molar-refractivity contribution is -0.137. The molecule has 1 aromatic heterocycles. The summed E-state index contributed by atoms with van der Waals surface area (Å²) >= 11 is 1.33. The van der Waals surface area contributed by atoms with Crippen molar-refractivity contribution in [2.45, 2.75) is 26.6 Å². The number of hydrogen-bond donors (Lipinski definition) is 2. The molecule has 2 amide bonds. The van der Waals surface area contributed by atoms with Gasteiger partial charge in [-0.1, -0.05) is 12.1 Å². The highest BCUT2D eigenvalue weighted by Crippen LogP contribution is 2.32. The molecule has 0 spiro atoms. The predicted octanol–water partition coefficient (Wildman–Crippen LogP) is 3.26. The van der Waals surface area contributed by atoms with Crippen LogP contribution >= 0.6 is 11.8 Å². The second-order valence-corrected chi connectivity index (χ2v) is 6.67. The van der Waals surface area contributed by atoms with Crippen LogP contribution < -0.4 is 10.6 Å². The van der Waals surface area contributed by atoms with Crippen molar-refractivity contribution in [1.29, 1.82) is 0 Å². The van der Waals surface area contributed by atoms with E-state index in [4.69, 9.17) is 0 Å². The number of aromatic nitrogens is 3. The van der Waals surface area contributed by atoms with Crippen molar-refractivity contribution in [2.24, 2.45) is 0 Å². The number of aryl methyl sites for hydroxylation is 1. The van der Waals surface area contributed by atoms with E-state index in [1.54, 1.807) is 0 Å². The van der Waals surface area contributed by atoms with Crippen LogP contribution in [0, 0.1) is 0 Å². The highest BCUT2D eigenvalue weighted by Gasteiger charge is 2.32. The SMILES string of the molecule is CCSCC(=O)Nc1cc(C(=O)Nc2cn(CC)nn2)cc(C(F)(F)F)c1. The molecule has 2 N–H and O–H groups in total. The van der Waals surface area contributed by atoms with Crippen molar-refractivity contribution in [2.75, 3.05) is 22.1 Å². The Kier molecular flexibility index (Phi) is 6.83. The van der Waals surface area contributed by atoms with Crippen LogP contribution in [-0.4, -0.2) is 38.3 Å². The van der Waals surface area contributed by atoms with Gasteiger partial charge in [-0.15, -0.1) is 5.10 Å². The fraction of sp³-hybridized carbons (Fsp3) is 0.375. The number of carbonyl (C=O) groups is 2. The molecule has 0 aliphatic carbocycles. The first-order valence-electron chi connectivity index (χ1n) is 8.04. The first kappa shape index (κ1) is 20.7. The molecule has 0 bridgehead atoms. The minimum atomic E-state index is -4.67. The van der Waals surface area contributed by atoms with E-state index in [0.29, 0.717) is 12.3 Å². The topological polar surface area (TPSA) is 88.9 Å². The average molecular weight is 401 g/mol. The lowest BCUT2D eigenvalue weighted by atomic mass is 10.1. The van der Waals surface area contributed by atoms with Crippen molar-refractivity contribution in [3.8, 4) is 0 Å². The van der Waals surface area contributed by atoms with Crippen LogP contribution in [0.25, 0.3) is 0 Å². The molecule has 1 aromatic carbocycles. The van der Waals surface area contributed by atoms with E-state index in [1.165, 1.54) is 28.7 Å². The second kappa shape index (κ2) is 8.89. The first-order chi connectivity index (χ1) is 12.7. The largest absolute Gasteiger partial charge is 0.416 e. The zero-order valence-corrected chi connectivity index (χ0v) is 15.4. The maximum Gasteiger partial charge on any atom is 0.416 e. The van der Waals surface area contributed by atoms with Gasteiger partial charge in [0.15, 0.2) is 5.82 Å². The van der Waals surface area contributed by atoms with Crippen LogP contribution in [0.1, 0.15) is 29.8 Å². The second-order valence-electron chi connectivity index (χ2n) is 5.40. The van der Waals surface area contributed by atoms with Gasteiger partial charge in [0, 0.05) is 17.8 Å². The van der Waals surface area contributed by atoms with E-state index in [1.807, 2.05) is 13.8 Å². The first-order valence-corrected chi connectivity index (χ1v) is 9.19. The van der Waals surface area contributed by atoms with Gasteiger partial charge in [-0.3, -0.25) is 14.3 Å². The molecule has 0 fully saturated rings. The Labute approximate surface area is 157 Å². The molecule has 0 saturated heterocycles. The molecule has 0 radical (unpaired) electrons. The van der Waals surface area contributed by atoms with Gasteiger partial charge in [-0.05, 0) is 30.9 Å². The van der Waals surface area contributed by atoms with Gasteiger partial charge in [0.2, 0.25) is 5.91 Å². The molecule has 2 rings (SSSR count). The monoisotopic (exact) mass is 401 g/mol. The highest BCUT2D eigenvalue weighted by atomic mass is 32.2. The van der Waals surface area contributed by atoms with Crippen LogP contribution in [0.5, 0.6) is 0 Å². The molecule has 11 heteroatoms. The Balaban J connectivity index is 2.26. The number of alkyl halides is 3. The number of carbonyl (C=O) groups excluding carboxylic acids is 2. The summed E-state index contributed by atoms with van der Waals surface area (Å²) in [4.78, 5) is 24.1. The molecule has 1 heterocycles. The van der Waals surface area contributed by atoms with Crippen molar-refractivity contribution in [3.05, 3.63) is 35.5 Å². The normalized spacial score (nSPS) is 11.3. The number of amides is 2. The summed E-state index contributed by atoms with van der Waals surface area (Å²) in [6.07, 6.45) is -3.21. The van der Waals surface area contributed by atoms with Gasteiger partial charge >= 0.3 is 6.18 Å². The van der Waals surface area contributed by atoms with Gasteiger partial charge in [-0.25, -0.2) is 0 Å². The molecule has 7 nitrogen and oxygen atoms in total. The zero-order valence-electron chi connectivity index (χ0n) is 14.6. The van der Waals surface area contributed by atoms with Gasteiger partial charge in [0.1, 0.15) is 0 Å². The van der Waals surface area contributed by atoms with E-state index in [-0.39, 0.29) is 22.8 Å². The molecular formula is C16H18F3N5O2S. The summed E-state index contributed by atoms with van der Waals surface area (Å²) < 4.78 is 40.9. The van der Waals surface area contributed by atoms with Crippen molar-refractivity contribution < 1.29 is 22.8 Å². The molecule has 0 aliphatic rings. The fourth-order valence-corrected chi connectivity index (χ4v) is 2.55. The molecule has 0 unspecified atom stereocenters. The summed E-state index contributed by atoms with van der Waals surface area (Å²) in [6, 6.07) is 2.69. The molecular weight excluding hydrogens is 383 g/mol. The lowest BCUT2D eigenvalue weighted by Gasteiger charge is -2.13. The van der Waals surface area contributed by atoms with Gasteiger partial charge < -0.3 is 10.6 Å². The van der Waals surface area contributed by atoms with Crippen LogP contribution in [-0.2, 0) is 17.5 Å². The smallest absolute Gasteiger partial charge is 0.325 e. The van der Waals surface area contributed by atoms with E-state index < -0.39 is 23.6 Å². The summed E-state index contributed by atoms with van der Waals surface area (Å²) in [5, 5.41) is 12.2. The Morgan fingerprint density at radius 2 is 1.93 bits per heavy atom. The summed E-state index contributed by atoms with van der Waals surface area (Å²) in [7, 11) is 0. The zero-order chi connectivity index (χ0) is 20.0. The van der Waals surface area contributed by atoms with E-state index >= 15 is 0 Å². The summed E-state index contributed by atoms with van der Waals surface area (Å²) in [5.41, 5.74) is -1.39. The average Bonchev–Trinajstić information content (AvgIpc) is 3.06. The Bertz CT molecular complexity index is 823. The molecule has 27 heavy (non-hydrogen) atoms. The summed E-state index contributed by atoms with van der Waals surface area (Å²) in [6.45, 7) is 4.20.